The third-order valence-corrected chi connectivity index (χ3v) is 4.28. The molecule has 2 aliphatic rings. The molecule has 0 spiro atoms. The first-order valence-electron chi connectivity index (χ1n) is 8.00. The molecule has 4 nitrogen and oxygen atoms in total. The number of ether oxygens (including phenoxy) is 2. The molecule has 3 atom stereocenters. The zero-order valence-electron chi connectivity index (χ0n) is 12.6. The Morgan fingerprint density at radius 3 is 2.79 bits per heavy atom. The summed E-state index contributed by atoms with van der Waals surface area (Å²) >= 11 is 0. The maximum absolute atomic E-state index is 5.84. The van der Waals surface area contributed by atoms with Crippen LogP contribution >= 0.6 is 0 Å². The maximum atomic E-state index is 5.84. The van der Waals surface area contributed by atoms with E-state index >= 15 is 0 Å². The molecular weight excluding hydrogens is 240 g/mol. The number of hydrogen-bond donors (Lipinski definition) is 1. The van der Waals surface area contributed by atoms with Crippen LogP contribution in [0, 0.1) is 0 Å². The standard InChI is InChI=1S/C15H30N2O2/c1-3-5-14-10-13(6-8-18-14)16-11-15-12-17(4-2)7-9-19-15/h13-16H,3-12H2,1-2H3. The second kappa shape index (κ2) is 8.20. The molecule has 0 amide bonds. The molecule has 1 N–H and O–H groups in total. The third-order valence-electron chi connectivity index (χ3n) is 4.28. The Kier molecular flexibility index (Phi) is 6.57. The fourth-order valence-corrected chi connectivity index (χ4v) is 3.08. The van der Waals surface area contributed by atoms with E-state index in [1.165, 1.54) is 12.8 Å². The highest BCUT2D eigenvalue weighted by Gasteiger charge is 2.24. The first kappa shape index (κ1) is 15.2. The summed E-state index contributed by atoms with van der Waals surface area (Å²) in [5, 5.41) is 3.69. The quantitative estimate of drug-likeness (QED) is 0.795. The largest absolute Gasteiger partial charge is 0.378 e. The molecule has 2 rings (SSSR count). The van der Waals surface area contributed by atoms with Crippen LogP contribution in [0.1, 0.15) is 39.5 Å². The molecule has 0 saturated carbocycles. The molecule has 4 heteroatoms. The van der Waals surface area contributed by atoms with E-state index in [-0.39, 0.29) is 0 Å². The van der Waals surface area contributed by atoms with Crippen LogP contribution in [0.3, 0.4) is 0 Å². The van der Waals surface area contributed by atoms with Gasteiger partial charge in [-0.2, -0.15) is 0 Å². The van der Waals surface area contributed by atoms with Gasteiger partial charge in [0.15, 0.2) is 0 Å². The van der Waals surface area contributed by atoms with Crippen LogP contribution in [0.5, 0.6) is 0 Å². The summed E-state index contributed by atoms with van der Waals surface area (Å²) in [6.45, 7) is 10.5. The molecule has 2 aliphatic heterocycles. The molecule has 0 aromatic rings. The average Bonchev–Trinajstić information content (AvgIpc) is 2.46. The van der Waals surface area contributed by atoms with Gasteiger partial charge in [0.05, 0.1) is 18.8 Å². The molecule has 0 aromatic heterocycles. The van der Waals surface area contributed by atoms with E-state index in [2.05, 4.69) is 24.1 Å². The van der Waals surface area contributed by atoms with Crippen molar-refractivity contribution in [2.24, 2.45) is 0 Å². The van der Waals surface area contributed by atoms with Crippen LogP contribution in [0.2, 0.25) is 0 Å². The molecule has 2 saturated heterocycles. The SMILES string of the molecule is CCCC1CC(NCC2CN(CC)CCO2)CCO1. The Morgan fingerprint density at radius 2 is 2.00 bits per heavy atom. The lowest BCUT2D eigenvalue weighted by Crippen LogP contribution is -2.49. The smallest absolute Gasteiger partial charge is 0.0826 e. The first-order valence-corrected chi connectivity index (χ1v) is 8.00. The minimum absolute atomic E-state index is 0.362. The molecule has 0 aliphatic carbocycles. The number of rotatable bonds is 6. The molecule has 19 heavy (non-hydrogen) atoms. The number of nitrogens with one attached hydrogen (secondary N) is 1. The van der Waals surface area contributed by atoms with Gasteiger partial charge < -0.3 is 14.8 Å². The van der Waals surface area contributed by atoms with Crippen LogP contribution in [0.25, 0.3) is 0 Å². The summed E-state index contributed by atoms with van der Waals surface area (Å²) in [5.41, 5.74) is 0. The van der Waals surface area contributed by atoms with Gasteiger partial charge in [-0.15, -0.1) is 0 Å². The lowest BCUT2D eigenvalue weighted by molar-refractivity contribution is -0.0341. The Balaban J connectivity index is 1.66. The van der Waals surface area contributed by atoms with Gasteiger partial charge in [-0.25, -0.2) is 0 Å². The highest BCUT2D eigenvalue weighted by molar-refractivity contribution is 4.80. The summed E-state index contributed by atoms with van der Waals surface area (Å²) in [7, 11) is 0. The minimum atomic E-state index is 0.362. The fraction of sp³-hybridized carbons (Fsp3) is 1.00. The zero-order chi connectivity index (χ0) is 13.5. The molecule has 2 heterocycles. The molecular formula is C15H30N2O2. The molecule has 0 radical (unpaired) electrons. The lowest BCUT2D eigenvalue weighted by Gasteiger charge is -2.35. The van der Waals surface area contributed by atoms with Crippen molar-refractivity contribution in [3.63, 3.8) is 0 Å². The number of likely N-dealkylation sites (N-methyl/N-ethyl adjacent to an activating group) is 1. The summed E-state index contributed by atoms with van der Waals surface area (Å²) in [6.07, 6.45) is 5.55. The molecule has 0 aromatic carbocycles. The Bertz CT molecular complexity index is 248. The Labute approximate surface area is 117 Å². The van der Waals surface area contributed by atoms with Crippen molar-refractivity contribution in [2.45, 2.75) is 57.8 Å². The predicted molar refractivity (Wildman–Crippen MR) is 77.5 cm³/mol. The molecule has 112 valence electrons. The van der Waals surface area contributed by atoms with Gasteiger partial charge in [0.2, 0.25) is 0 Å². The second-order valence-corrected chi connectivity index (χ2v) is 5.80. The monoisotopic (exact) mass is 270 g/mol. The van der Waals surface area contributed by atoms with Crippen molar-refractivity contribution in [1.82, 2.24) is 10.2 Å². The Hall–Kier alpha value is -0.160. The molecule has 2 fully saturated rings. The normalized spacial score (nSPS) is 33.5. The lowest BCUT2D eigenvalue weighted by atomic mass is 10.00. The van der Waals surface area contributed by atoms with Crippen LogP contribution < -0.4 is 5.32 Å². The van der Waals surface area contributed by atoms with Crippen LogP contribution in [-0.2, 0) is 9.47 Å². The van der Waals surface area contributed by atoms with Crippen LogP contribution in [0.15, 0.2) is 0 Å². The zero-order valence-corrected chi connectivity index (χ0v) is 12.6. The average molecular weight is 270 g/mol. The van der Waals surface area contributed by atoms with Gasteiger partial charge in [-0.3, -0.25) is 4.90 Å². The minimum Gasteiger partial charge on any atom is -0.378 e. The van der Waals surface area contributed by atoms with Gasteiger partial charge in [-0.1, -0.05) is 20.3 Å². The van der Waals surface area contributed by atoms with Gasteiger partial charge in [-0.05, 0) is 25.8 Å². The highest BCUT2D eigenvalue weighted by Crippen LogP contribution is 2.18. The van der Waals surface area contributed by atoms with Crippen molar-refractivity contribution in [3.8, 4) is 0 Å². The van der Waals surface area contributed by atoms with Gasteiger partial charge >= 0.3 is 0 Å². The van der Waals surface area contributed by atoms with Gasteiger partial charge in [0.25, 0.3) is 0 Å². The summed E-state index contributed by atoms with van der Waals surface area (Å²) in [5.74, 6) is 0. The van der Waals surface area contributed by atoms with Crippen LogP contribution in [0.4, 0.5) is 0 Å². The van der Waals surface area contributed by atoms with Crippen LogP contribution in [-0.4, -0.2) is 62.5 Å². The van der Waals surface area contributed by atoms with Crippen molar-refractivity contribution in [3.05, 3.63) is 0 Å². The van der Waals surface area contributed by atoms with E-state index in [1.807, 2.05) is 0 Å². The van der Waals surface area contributed by atoms with E-state index in [9.17, 15) is 0 Å². The van der Waals surface area contributed by atoms with E-state index in [4.69, 9.17) is 9.47 Å². The topological polar surface area (TPSA) is 33.7 Å². The summed E-state index contributed by atoms with van der Waals surface area (Å²) < 4.78 is 11.6. The van der Waals surface area contributed by atoms with Gasteiger partial charge in [0, 0.05) is 32.3 Å². The fourth-order valence-electron chi connectivity index (χ4n) is 3.08. The first-order chi connectivity index (χ1) is 9.31. The van der Waals surface area contributed by atoms with Crippen molar-refractivity contribution >= 4 is 0 Å². The molecule has 3 unspecified atom stereocenters. The second-order valence-electron chi connectivity index (χ2n) is 5.80. The van der Waals surface area contributed by atoms with E-state index < -0.39 is 0 Å². The summed E-state index contributed by atoms with van der Waals surface area (Å²) in [4.78, 5) is 2.47. The highest BCUT2D eigenvalue weighted by atomic mass is 16.5. The van der Waals surface area contributed by atoms with Crippen molar-refractivity contribution in [2.75, 3.05) is 39.4 Å². The maximum Gasteiger partial charge on any atom is 0.0826 e. The summed E-state index contributed by atoms with van der Waals surface area (Å²) in [6, 6.07) is 0.617. The van der Waals surface area contributed by atoms with Crippen molar-refractivity contribution in [1.29, 1.82) is 0 Å². The van der Waals surface area contributed by atoms with E-state index in [0.717, 1.165) is 52.2 Å². The van der Waals surface area contributed by atoms with E-state index in [0.29, 0.717) is 18.2 Å². The molecule has 0 bridgehead atoms. The van der Waals surface area contributed by atoms with E-state index in [1.54, 1.807) is 0 Å². The van der Waals surface area contributed by atoms with Gasteiger partial charge in [0.1, 0.15) is 0 Å². The third kappa shape index (κ3) is 5.03. The Morgan fingerprint density at radius 1 is 1.16 bits per heavy atom. The number of nitrogens with zero attached hydrogens (tertiary/aromatic N) is 1. The number of morpholine rings is 1. The number of hydrogen-bond acceptors (Lipinski definition) is 4. The predicted octanol–water partition coefficient (Wildman–Crippen LogP) is 1.64. The van der Waals surface area contributed by atoms with Crippen molar-refractivity contribution < 1.29 is 9.47 Å².